The number of rotatable bonds is 3. The third-order valence-electron chi connectivity index (χ3n) is 2.77. The number of hydrogen-bond acceptors (Lipinski definition) is 6. The van der Waals surface area contributed by atoms with E-state index in [9.17, 15) is 14.4 Å². The molecule has 1 saturated heterocycles. The van der Waals surface area contributed by atoms with Gasteiger partial charge in [0.2, 0.25) is 0 Å². The molecule has 19 heavy (non-hydrogen) atoms. The van der Waals surface area contributed by atoms with Gasteiger partial charge in [0.25, 0.3) is 5.56 Å². The van der Waals surface area contributed by atoms with Crippen LogP contribution in [0.25, 0.3) is 0 Å². The van der Waals surface area contributed by atoms with Crippen LogP contribution in [0.2, 0.25) is 0 Å². The van der Waals surface area contributed by atoms with E-state index in [1.807, 2.05) is 0 Å². The summed E-state index contributed by atoms with van der Waals surface area (Å²) in [6.45, 7) is -0.438. The fourth-order valence-corrected chi connectivity index (χ4v) is 1.94. The first-order valence-electron chi connectivity index (χ1n) is 5.48. The van der Waals surface area contributed by atoms with Gasteiger partial charge in [-0.05, 0) is 0 Å². The Labute approximate surface area is 106 Å². The largest absolute Gasteiger partial charge is 0.506 e. The van der Waals surface area contributed by atoms with Crippen LogP contribution in [-0.2, 0) is 9.47 Å². The number of nitrogens with zero attached hydrogens (tertiary/aromatic N) is 1. The molecule has 0 saturated carbocycles. The normalized spacial score (nSPS) is 26.3. The average molecular weight is 272 g/mol. The molecule has 0 spiro atoms. The summed E-state index contributed by atoms with van der Waals surface area (Å²) in [5.74, 6) is 0. The number of ether oxygens (including phenoxy) is 2. The van der Waals surface area contributed by atoms with Crippen LogP contribution in [0.1, 0.15) is 12.6 Å². The molecule has 0 bridgehead atoms. The van der Waals surface area contributed by atoms with Crippen molar-refractivity contribution in [2.75, 3.05) is 6.61 Å². The maximum Gasteiger partial charge on any atom is 0.506 e. The maximum atomic E-state index is 11.6. The smallest absolute Gasteiger partial charge is 0.450 e. The summed E-state index contributed by atoms with van der Waals surface area (Å²) < 4.78 is 11.0. The van der Waals surface area contributed by atoms with Crippen LogP contribution < -0.4 is 11.2 Å². The Morgan fingerprint density at radius 2 is 2.32 bits per heavy atom. The standard InChI is InChI=1S/C10H12N2O7/c13-4-6-5(19-10(16)17)3-8(18-6)12-2-1-7(14)11-9(12)15/h1-2,5-6,8,13H,3-4H2,(H,16,17)(H,11,14,15). The third kappa shape index (κ3) is 2.83. The van der Waals surface area contributed by atoms with Gasteiger partial charge in [0, 0.05) is 18.7 Å². The van der Waals surface area contributed by atoms with Crippen molar-refractivity contribution >= 4 is 6.16 Å². The van der Waals surface area contributed by atoms with Gasteiger partial charge < -0.3 is 19.7 Å². The zero-order valence-corrected chi connectivity index (χ0v) is 9.68. The molecule has 0 amide bonds. The van der Waals surface area contributed by atoms with Gasteiger partial charge in [0.05, 0.1) is 6.61 Å². The Morgan fingerprint density at radius 1 is 1.58 bits per heavy atom. The van der Waals surface area contributed by atoms with Gasteiger partial charge >= 0.3 is 11.8 Å². The monoisotopic (exact) mass is 272 g/mol. The van der Waals surface area contributed by atoms with E-state index >= 15 is 0 Å². The van der Waals surface area contributed by atoms with E-state index < -0.39 is 42.4 Å². The van der Waals surface area contributed by atoms with E-state index in [1.165, 1.54) is 6.20 Å². The van der Waals surface area contributed by atoms with E-state index in [-0.39, 0.29) is 6.42 Å². The zero-order chi connectivity index (χ0) is 14.0. The quantitative estimate of drug-likeness (QED) is 0.594. The maximum absolute atomic E-state index is 11.6. The molecule has 104 valence electrons. The fourth-order valence-electron chi connectivity index (χ4n) is 1.94. The number of hydrogen-bond donors (Lipinski definition) is 3. The van der Waals surface area contributed by atoms with Crippen LogP contribution in [0.5, 0.6) is 0 Å². The number of aromatic nitrogens is 2. The summed E-state index contributed by atoms with van der Waals surface area (Å²) in [5, 5.41) is 17.6. The van der Waals surface area contributed by atoms with Gasteiger partial charge in [0.1, 0.15) is 18.4 Å². The van der Waals surface area contributed by atoms with E-state index in [1.54, 1.807) is 0 Å². The second-order valence-electron chi connectivity index (χ2n) is 3.99. The van der Waals surface area contributed by atoms with Crippen LogP contribution in [0.3, 0.4) is 0 Å². The molecule has 9 nitrogen and oxygen atoms in total. The molecule has 1 aromatic rings. The van der Waals surface area contributed by atoms with Gasteiger partial charge in [-0.2, -0.15) is 0 Å². The predicted octanol–water partition coefficient (Wildman–Crippen LogP) is -1.12. The Bertz CT molecular complexity index is 578. The van der Waals surface area contributed by atoms with Crippen LogP contribution in [0, 0.1) is 0 Å². The summed E-state index contributed by atoms with van der Waals surface area (Å²) >= 11 is 0. The topological polar surface area (TPSA) is 131 Å². The number of carboxylic acid groups (broad SMARTS) is 1. The van der Waals surface area contributed by atoms with Crippen molar-refractivity contribution in [1.82, 2.24) is 9.55 Å². The number of aliphatic hydroxyl groups excluding tert-OH is 1. The third-order valence-corrected chi connectivity index (χ3v) is 2.77. The molecule has 1 fully saturated rings. The highest BCUT2D eigenvalue weighted by Gasteiger charge is 2.38. The van der Waals surface area contributed by atoms with Crippen LogP contribution in [-0.4, -0.2) is 44.7 Å². The first kappa shape index (κ1) is 13.3. The Morgan fingerprint density at radius 3 is 2.89 bits per heavy atom. The molecule has 2 heterocycles. The minimum Gasteiger partial charge on any atom is -0.450 e. The number of H-pyrrole nitrogens is 1. The van der Waals surface area contributed by atoms with E-state index in [4.69, 9.17) is 14.9 Å². The molecule has 0 aromatic carbocycles. The molecule has 1 aliphatic rings. The molecule has 2 rings (SSSR count). The van der Waals surface area contributed by atoms with Crippen molar-refractivity contribution in [2.24, 2.45) is 0 Å². The fraction of sp³-hybridized carbons (Fsp3) is 0.500. The SMILES string of the molecule is O=C(O)OC1CC(n2ccc(=O)[nH]c2=O)OC1CO. The summed E-state index contributed by atoms with van der Waals surface area (Å²) in [7, 11) is 0. The zero-order valence-electron chi connectivity index (χ0n) is 9.68. The molecule has 3 unspecified atom stereocenters. The molecule has 3 N–H and O–H groups in total. The van der Waals surface area contributed by atoms with Crippen molar-refractivity contribution in [3.63, 3.8) is 0 Å². The van der Waals surface area contributed by atoms with Gasteiger partial charge in [0.15, 0.2) is 0 Å². The first-order valence-corrected chi connectivity index (χ1v) is 5.48. The Balaban J connectivity index is 2.21. The van der Waals surface area contributed by atoms with Crippen molar-refractivity contribution in [2.45, 2.75) is 24.9 Å². The molecule has 9 heteroatoms. The van der Waals surface area contributed by atoms with Crippen molar-refractivity contribution < 1.29 is 24.5 Å². The Hall–Kier alpha value is -2.13. The van der Waals surface area contributed by atoms with Gasteiger partial charge in [-0.25, -0.2) is 9.59 Å². The highest BCUT2D eigenvalue weighted by Crippen LogP contribution is 2.29. The molecule has 3 atom stereocenters. The summed E-state index contributed by atoms with van der Waals surface area (Å²) in [6, 6.07) is 1.14. The van der Waals surface area contributed by atoms with Gasteiger partial charge in [-0.1, -0.05) is 0 Å². The van der Waals surface area contributed by atoms with E-state index in [0.717, 1.165) is 10.6 Å². The molecule has 0 radical (unpaired) electrons. The van der Waals surface area contributed by atoms with E-state index in [0.29, 0.717) is 0 Å². The van der Waals surface area contributed by atoms with Crippen molar-refractivity contribution in [1.29, 1.82) is 0 Å². The lowest BCUT2D eigenvalue weighted by molar-refractivity contribution is -0.0536. The average Bonchev–Trinajstić information content (AvgIpc) is 2.71. The van der Waals surface area contributed by atoms with Crippen LogP contribution in [0.4, 0.5) is 4.79 Å². The summed E-state index contributed by atoms with van der Waals surface area (Å²) in [5.41, 5.74) is -1.22. The number of nitrogens with one attached hydrogen (secondary N) is 1. The lowest BCUT2D eigenvalue weighted by atomic mass is 10.2. The molecular formula is C10H12N2O7. The lowest BCUT2D eigenvalue weighted by Crippen LogP contribution is -2.31. The van der Waals surface area contributed by atoms with Crippen molar-refractivity contribution in [3.05, 3.63) is 33.1 Å². The minimum absolute atomic E-state index is 0.0729. The van der Waals surface area contributed by atoms with Crippen LogP contribution in [0.15, 0.2) is 21.9 Å². The molecule has 0 aliphatic carbocycles. The van der Waals surface area contributed by atoms with Crippen molar-refractivity contribution in [3.8, 4) is 0 Å². The minimum atomic E-state index is -1.48. The number of aliphatic hydroxyl groups is 1. The van der Waals surface area contributed by atoms with Crippen LogP contribution >= 0.6 is 0 Å². The first-order chi connectivity index (χ1) is 9.01. The van der Waals surface area contributed by atoms with Gasteiger partial charge in [-0.3, -0.25) is 14.3 Å². The lowest BCUT2D eigenvalue weighted by Gasteiger charge is -2.14. The highest BCUT2D eigenvalue weighted by molar-refractivity contribution is 5.57. The highest BCUT2D eigenvalue weighted by atomic mass is 16.7. The summed E-state index contributed by atoms with van der Waals surface area (Å²) in [6.07, 6.45) is -2.69. The predicted molar refractivity (Wildman–Crippen MR) is 59.8 cm³/mol. The molecular weight excluding hydrogens is 260 g/mol. The van der Waals surface area contributed by atoms with E-state index in [2.05, 4.69) is 9.72 Å². The number of carbonyl (C=O) groups is 1. The Kier molecular flexibility index (Phi) is 3.67. The molecule has 1 aliphatic heterocycles. The number of aromatic amines is 1. The second kappa shape index (κ2) is 5.24. The molecule has 1 aromatic heterocycles. The summed E-state index contributed by atoms with van der Waals surface area (Å²) in [4.78, 5) is 35.0. The second-order valence-corrected chi connectivity index (χ2v) is 3.99. The van der Waals surface area contributed by atoms with Gasteiger partial charge in [-0.15, -0.1) is 0 Å².